The molecule has 2 rings (SSSR count). The fourth-order valence-corrected chi connectivity index (χ4v) is 2.56. The molecular weight excluding hydrogens is 260 g/mol. The van der Waals surface area contributed by atoms with Crippen LogP contribution in [0.25, 0.3) is 0 Å². The number of hydrogen-bond donors (Lipinski definition) is 1. The molecule has 1 aromatic heterocycles. The average molecular weight is 284 g/mol. The fourth-order valence-electron chi connectivity index (χ4n) is 2.56. The molecule has 3 heteroatoms. The molecule has 21 heavy (non-hydrogen) atoms. The Kier molecular flexibility index (Phi) is 5.34. The molecule has 1 heterocycles. The quantitative estimate of drug-likeness (QED) is 0.882. The molecular formula is C18H24N2O. The number of aryl methyl sites for hydroxylation is 1. The molecule has 2 aromatic rings. The molecule has 112 valence electrons. The minimum Gasteiger partial charge on any atom is -0.496 e. The third kappa shape index (κ3) is 4.05. The summed E-state index contributed by atoms with van der Waals surface area (Å²) in [6, 6.07) is 10.9. The van der Waals surface area contributed by atoms with Crippen LogP contribution in [0.5, 0.6) is 5.75 Å². The molecule has 0 saturated carbocycles. The van der Waals surface area contributed by atoms with Crippen LogP contribution >= 0.6 is 0 Å². The normalized spacial score (nSPS) is 12.2. The molecule has 1 N–H and O–H groups in total. The lowest BCUT2D eigenvalue weighted by molar-refractivity contribution is 0.406. The Morgan fingerprint density at radius 3 is 2.57 bits per heavy atom. The molecule has 0 amide bonds. The van der Waals surface area contributed by atoms with Gasteiger partial charge in [0.25, 0.3) is 0 Å². The average Bonchev–Trinajstić information content (AvgIpc) is 2.48. The van der Waals surface area contributed by atoms with E-state index in [0.29, 0.717) is 6.04 Å². The molecule has 0 aliphatic carbocycles. The van der Waals surface area contributed by atoms with E-state index >= 15 is 0 Å². The van der Waals surface area contributed by atoms with E-state index in [1.165, 1.54) is 5.56 Å². The number of benzene rings is 1. The summed E-state index contributed by atoms with van der Waals surface area (Å²) in [6.07, 6.45) is 2.90. The molecule has 1 unspecified atom stereocenters. The van der Waals surface area contributed by atoms with Crippen LogP contribution in [0.3, 0.4) is 0 Å². The highest BCUT2D eigenvalue weighted by Crippen LogP contribution is 2.23. The molecule has 0 saturated heterocycles. The lowest BCUT2D eigenvalue weighted by atomic mass is 10.1. The Bertz CT molecular complexity index is 581. The van der Waals surface area contributed by atoms with E-state index in [9.17, 15) is 0 Å². The number of rotatable bonds is 6. The molecule has 0 fully saturated rings. The van der Waals surface area contributed by atoms with E-state index in [2.05, 4.69) is 48.4 Å². The Morgan fingerprint density at radius 1 is 1.19 bits per heavy atom. The smallest absolute Gasteiger partial charge is 0.128 e. The first kappa shape index (κ1) is 15.5. The van der Waals surface area contributed by atoms with E-state index < -0.39 is 0 Å². The molecule has 0 spiro atoms. The topological polar surface area (TPSA) is 34.1 Å². The van der Waals surface area contributed by atoms with Gasteiger partial charge in [-0.25, -0.2) is 0 Å². The Balaban J connectivity index is 1.97. The van der Waals surface area contributed by atoms with Gasteiger partial charge in [-0.15, -0.1) is 0 Å². The van der Waals surface area contributed by atoms with Gasteiger partial charge in [0.05, 0.1) is 12.8 Å². The number of nitrogens with zero attached hydrogens (tertiary/aromatic N) is 1. The van der Waals surface area contributed by atoms with Gasteiger partial charge in [0, 0.05) is 29.9 Å². The molecule has 1 aromatic carbocycles. The van der Waals surface area contributed by atoms with Gasteiger partial charge in [0.1, 0.15) is 5.75 Å². The largest absolute Gasteiger partial charge is 0.496 e. The molecule has 0 radical (unpaired) electrons. The number of pyridine rings is 1. The van der Waals surface area contributed by atoms with Gasteiger partial charge < -0.3 is 10.1 Å². The third-order valence-corrected chi connectivity index (χ3v) is 3.75. The molecule has 3 nitrogen and oxygen atoms in total. The molecule has 0 aliphatic heterocycles. The van der Waals surface area contributed by atoms with Crippen molar-refractivity contribution < 1.29 is 4.74 Å². The van der Waals surface area contributed by atoms with Crippen LogP contribution in [0.1, 0.15) is 29.3 Å². The van der Waals surface area contributed by atoms with E-state index in [1.54, 1.807) is 7.11 Å². The Morgan fingerprint density at radius 2 is 1.90 bits per heavy atom. The summed E-state index contributed by atoms with van der Waals surface area (Å²) in [5.41, 5.74) is 4.61. The van der Waals surface area contributed by atoms with Crippen molar-refractivity contribution in [2.24, 2.45) is 0 Å². The van der Waals surface area contributed by atoms with Gasteiger partial charge in [0.15, 0.2) is 0 Å². The number of ether oxygens (including phenoxy) is 1. The Labute approximate surface area is 127 Å². The van der Waals surface area contributed by atoms with Crippen molar-refractivity contribution >= 4 is 0 Å². The maximum Gasteiger partial charge on any atom is 0.128 e. The lowest BCUT2D eigenvalue weighted by Gasteiger charge is -2.16. The van der Waals surface area contributed by atoms with Crippen molar-refractivity contribution in [1.82, 2.24) is 10.3 Å². The lowest BCUT2D eigenvalue weighted by Crippen LogP contribution is -2.28. The second-order valence-corrected chi connectivity index (χ2v) is 5.52. The zero-order valence-corrected chi connectivity index (χ0v) is 13.3. The number of hydrogen-bond acceptors (Lipinski definition) is 3. The summed E-state index contributed by atoms with van der Waals surface area (Å²) < 4.78 is 5.45. The zero-order chi connectivity index (χ0) is 15.2. The summed E-state index contributed by atoms with van der Waals surface area (Å²) >= 11 is 0. The molecule has 0 bridgehead atoms. The highest BCUT2D eigenvalue weighted by molar-refractivity contribution is 5.41. The Hall–Kier alpha value is -1.87. The minimum absolute atomic E-state index is 0.404. The van der Waals surface area contributed by atoms with Crippen molar-refractivity contribution in [3.8, 4) is 5.75 Å². The van der Waals surface area contributed by atoms with Crippen molar-refractivity contribution in [1.29, 1.82) is 0 Å². The van der Waals surface area contributed by atoms with Crippen LogP contribution in [0, 0.1) is 13.8 Å². The van der Waals surface area contributed by atoms with Gasteiger partial charge >= 0.3 is 0 Å². The predicted octanol–water partition coefficient (Wildman–Crippen LogP) is 3.43. The van der Waals surface area contributed by atoms with Crippen LogP contribution in [-0.4, -0.2) is 18.1 Å². The number of nitrogens with one attached hydrogen (secondary N) is 1. The monoisotopic (exact) mass is 284 g/mol. The third-order valence-electron chi connectivity index (χ3n) is 3.75. The van der Waals surface area contributed by atoms with E-state index in [4.69, 9.17) is 4.74 Å². The van der Waals surface area contributed by atoms with Crippen molar-refractivity contribution in [2.45, 2.75) is 39.8 Å². The van der Waals surface area contributed by atoms with Gasteiger partial charge in [-0.2, -0.15) is 0 Å². The standard InChI is InChI=1S/C18H24N2O/c1-13-11-20-17(15(3)18(13)21-4)12-19-14(2)10-16-8-6-5-7-9-16/h5-9,11,14,19H,10,12H2,1-4H3. The second-order valence-electron chi connectivity index (χ2n) is 5.52. The first-order chi connectivity index (χ1) is 10.1. The summed E-state index contributed by atoms with van der Waals surface area (Å²) in [4.78, 5) is 4.52. The van der Waals surface area contributed by atoms with Crippen molar-refractivity contribution in [2.75, 3.05) is 7.11 Å². The fraction of sp³-hybridized carbons (Fsp3) is 0.389. The van der Waals surface area contributed by atoms with Crippen LogP contribution in [0.15, 0.2) is 36.5 Å². The highest BCUT2D eigenvalue weighted by Gasteiger charge is 2.10. The van der Waals surface area contributed by atoms with Crippen molar-refractivity contribution in [3.05, 3.63) is 58.9 Å². The summed E-state index contributed by atoms with van der Waals surface area (Å²) in [5.74, 6) is 0.942. The van der Waals surface area contributed by atoms with Crippen molar-refractivity contribution in [3.63, 3.8) is 0 Å². The maximum atomic E-state index is 5.45. The van der Waals surface area contributed by atoms with Crippen LogP contribution < -0.4 is 10.1 Å². The van der Waals surface area contributed by atoms with Gasteiger partial charge in [-0.3, -0.25) is 4.98 Å². The first-order valence-electron chi connectivity index (χ1n) is 7.38. The summed E-state index contributed by atoms with van der Waals surface area (Å²) in [5, 5.41) is 3.54. The van der Waals surface area contributed by atoms with Gasteiger partial charge in [-0.1, -0.05) is 30.3 Å². The summed E-state index contributed by atoms with van der Waals surface area (Å²) in [7, 11) is 1.71. The highest BCUT2D eigenvalue weighted by atomic mass is 16.5. The maximum absolute atomic E-state index is 5.45. The van der Waals surface area contributed by atoms with Gasteiger partial charge in [-0.05, 0) is 32.8 Å². The second kappa shape index (κ2) is 7.23. The van der Waals surface area contributed by atoms with E-state index in [-0.39, 0.29) is 0 Å². The van der Waals surface area contributed by atoms with Crippen LogP contribution in [0.4, 0.5) is 0 Å². The SMILES string of the molecule is COc1c(C)cnc(CNC(C)Cc2ccccc2)c1C. The predicted molar refractivity (Wildman–Crippen MR) is 86.7 cm³/mol. The summed E-state index contributed by atoms with van der Waals surface area (Å²) in [6.45, 7) is 7.05. The van der Waals surface area contributed by atoms with Crippen LogP contribution in [-0.2, 0) is 13.0 Å². The minimum atomic E-state index is 0.404. The molecule has 0 aliphatic rings. The molecule has 1 atom stereocenters. The number of aromatic nitrogens is 1. The van der Waals surface area contributed by atoms with Gasteiger partial charge in [0.2, 0.25) is 0 Å². The van der Waals surface area contributed by atoms with E-state index in [1.807, 2.05) is 19.2 Å². The first-order valence-corrected chi connectivity index (χ1v) is 7.38. The van der Waals surface area contributed by atoms with E-state index in [0.717, 1.165) is 35.5 Å². The van der Waals surface area contributed by atoms with Crippen LogP contribution in [0.2, 0.25) is 0 Å². The number of methoxy groups -OCH3 is 1. The zero-order valence-electron chi connectivity index (χ0n) is 13.3.